The molecule has 1 aromatic heterocycles. The Morgan fingerprint density at radius 2 is 2.07 bits per heavy atom. The van der Waals surface area contributed by atoms with Crippen molar-refractivity contribution in [1.29, 1.82) is 0 Å². The Morgan fingerprint density at radius 1 is 1.27 bits per heavy atom. The Labute approximate surface area is 94.0 Å². The molecule has 1 radical (unpaired) electrons. The molecule has 0 unspecified atom stereocenters. The van der Waals surface area contributed by atoms with Gasteiger partial charge in [-0.25, -0.2) is 4.98 Å². The van der Waals surface area contributed by atoms with Gasteiger partial charge in [-0.3, -0.25) is 0 Å². The summed E-state index contributed by atoms with van der Waals surface area (Å²) in [5, 5.41) is 4.51. The molecule has 3 heteroatoms. The second-order valence-corrected chi connectivity index (χ2v) is 4.07. The van der Waals surface area contributed by atoms with Gasteiger partial charge in [-0.05, 0) is 18.9 Å². The molecule has 0 atom stereocenters. The fraction of sp³-hybridized carbons (Fsp3) is 0.167. The Kier molecular flexibility index (Phi) is 3.35. The highest BCUT2D eigenvalue weighted by atomic mass is 32.1. The normalized spacial score (nSPS) is 10.2. The number of rotatable bonds is 4. The van der Waals surface area contributed by atoms with E-state index >= 15 is 0 Å². The Bertz CT molecular complexity index is 409. The van der Waals surface area contributed by atoms with Crippen molar-refractivity contribution in [3.05, 3.63) is 54.0 Å². The van der Waals surface area contributed by atoms with E-state index in [0.717, 1.165) is 23.7 Å². The third-order valence-corrected chi connectivity index (χ3v) is 3.00. The molecule has 0 spiro atoms. The molecule has 0 aliphatic heterocycles. The smallest absolute Gasteiger partial charge is 0.112 e. The molecule has 2 rings (SSSR count). The third kappa shape index (κ3) is 2.57. The number of nitrogens with zero attached hydrogens (tertiary/aromatic N) is 1. The number of anilines is 1. The summed E-state index contributed by atoms with van der Waals surface area (Å²) in [5.41, 5.74) is 4.19. The maximum absolute atomic E-state index is 4.24. The summed E-state index contributed by atoms with van der Waals surface area (Å²) in [7, 11) is 0. The van der Waals surface area contributed by atoms with Crippen LogP contribution in [0.3, 0.4) is 0 Å². The van der Waals surface area contributed by atoms with E-state index in [1.807, 2.05) is 23.7 Å². The molecule has 1 aromatic carbocycles. The predicted octanol–water partition coefficient (Wildman–Crippen LogP) is 3.13. The molecule has 0 bridgehead atoms. The number of hydrogen-bond acceptors (Lipinski definition) is 3. The average Bonchev–Trinajstić information content (AvgIpc) is 2.75. The first-order chi connectivity index (χ1) is 7.40. The monoisotopic (exact) mass is 217 g/mol. The van der Waals surface area contributed by atoms with Crippen LogP contribution in [0.4, 0.5) is 5.00 Å². The van der Waals surface area contributed by atoms with E-state index in [9.17, 15) is 0 Å². The maximum atomic E-state index is 4.24. The van der Waals surface area contributed by atoms with E-state index in [-0.39, 0.29) is 0 Å². The summed E-state index contributed by atoms with van der Waals surface area (Å²) < 4.78 is 0. The highest BCUT2D eigenvalue weighted by Crippen LogP contribution is 2.20. The largest absolute Gasteiger partial charge is 0.371 e. The predicted molar refractivity (Wildman–Crippen MR) is 64.9 cm³/mol. The minimum Gasteiger partial charge on any atom is -0.371 e. The quantitative estimate of drug-likeness (QED) is 0.851. The molecule has 1 heterocycles. The number of thiazole rings is 1. The van der Waals surface area contributed by atoms with Gasteiger partial charge in [0.05, 0.1) is 11.2 Å². The van der Waals surface area contributed by atoms with Gasteiger partial charge in [0.15, 0.2) is 0 Å². The van der Waals surface area contributed by atoms with Crippen LogP contribution in [0, 0.1) is 6.92 Å². The van der Waals surface area contributed by atoms with Crippen LogP contribution < -0.4 is 5.32 Å². The molecular weight excluding hydrogens is 204 g/mol. The van der Waals surface area contributed by atoms with Gasteiger partial charge in [0, 0.05) is 6.54 Å². The first-order valence-electron chi connectivity index (χ1n) is 4.89. The average molecular weight is 217 g/mol. The van der Waals surface area contributed by atoms with E-state index < -0.39 is 0 Å². The van der Waals surface area contributed by atoms with Crippen molar-refractivity contribution in [2.24, 2.45) is 0 Å². The van der Waals surface area contributed by atoms with Crippen LogP contribution in [0.15, 0.2) is 35.8 Å². The number of benzene rings is 1. The molecule has 2 nitrogen and oxygen atoms in total. The van der Waals surface area contributed by atoms with E-state index in [2.05, 4.69) is 29.4 Å². The number of aromatic nitrogens is 1. The SMILES string of the molecule is [CH2]Cc1ncsc1NCc1ccccc1. The molecule has 0 saturated carbocycles. The van der Waals surface area contributed by atoms with Crippen molar-refractivity contribution in [3.8, 4) is 0 Å². The highest BCUT2D eigenvalue weighted by Gasteiger charge is 2.02. The number of nitrogens with one attached hydrogen (secondary N) is 1. The van der Waals surface area contributed by atoms with E-state index in [0.29, 0.717) is 0 Å². The second kappa shape index (κ2) is 4.94. The molecule has 0 aliphatic carbocycles. The van der Waals surface area contributed by atoms with Gasteiger partial charge in [0.25, 0.3) is 0 Å². The molecule has 77 valence electrons. The van der Waals surface area contributed by atoms with E-state index in [1.54, 1.807) is 11.3 Å². The minimum absolute atomic E-state index is 0.737. The molecule has 2 aromatic rings. The first kappa shape index (κ1) is 10.2. The van der Waals surface area contributed by atoms with Gasteiger partial charge < -0.3 is 5.32 Å². The molecule has 15 heavy (non-hydrogen) atoms. The fourth-order valence-electron chi connectivity index (χ4n) is 1.37. The summed E-state index contributed by atoms with van der Waals surface area (Å²) in [4.78, 5) is 4.24. The van der Waals surface area contributed by atoms with Crippen LogP contribution in [0.1, 0.15) is 11.3 Å². The lowest BCUT2D eigenvalue weighted by Crippen LogP contribution is -1.99. The zero-order valence-electron chi connectivity index (χ0n) is 8.44. The Morgan fingerprint density at radius 3 is 2.80 bits per heavy atom. The minimum atomic E-state index is 0.737. The lowest BCUT2D eigenvalue weighted by atomic mass is 10.2. The summed E-state index contributed by atoms with van der Waals surface area (Å²) in [6.45, 7) is 4.69. The molecule has 0 fully saturated rings. The van der Waals surface area contributed by atoms with Gasteiger partial charge in [0.1, 0.15) is 5.00 Å². The zero-order valence-corrected chi connectivity index (χ0v) is 9.26. The van der Waals surface area contributed by atoms with Gasteiger partial charge in [0.2, 0.25) is 0 Å². The van der Waals surface area contributed by atoms with Crippen molar-refractivity contribution in [1.82, 2.24) is 4.98 Å². The molecular formula is C12H13N2S. The van der Waals surface area contributed by atoms with Crippen LogP contribution in [0.25, 0.3) is 0 Å². The van der Waals surface area contributed by atoms with Gasteiger partial charge in [-0.2, -0.15) is 0 Å². The summed E-state index contributed by atoms with van der Waals surface area (Å²) in [6, 6.07) is 10.3. The fourth-order valence-corrected chi connectivity index (χ4v) is 2.10. The topological polar surface area (TPSA) is 24.9 Å². The van der Waals surface area contributed by atoms with Crippen molar-refractivity contribution < 1.29 is 0 Å². The Balaban J connectivity index is 1.99. The number of hydrogen-bond donors (Lipinski definition) is 1. The van der Waals surface area contributed by atoms with Gasteiger partial charge in [-0.1, -0.05) is 30.3 Å². The van der Waals surface area contributed by atoms with Crippen molar-refractivity contribution in [3.63, 3.8) is 0 Å². The first-order valence-corrected chi connectivity index (χ1v) is 5.77. The van der Waals surface area contributed by atoms with E-state index in [4.69, 9.17) is 0 Å². The summed E-state index contributed by atoms with van der Waals surface area (Å²) in [5.74, 6) is 0. The van der Waals surface area contributed by atoms with Crippen molar-refractivity contribution in [2.75, 3.05) is 5.32 Å². The Hall–Kier alpha value is -1.35. The molecule has 0 amide bonds. The molecule has 0 aliphatic rings. The van der Waals surface area contributed by atoms with Crippen LogP contribution in [-0.2, 0) is 13.0 Å². The summed E-state index contributed by atoms with van der Waals surface area (Å²) in [6.07, 6.45) is 0.737. The van der Waals surface area contributed by atoms with Crippen LogP contribution >= 0.6 is 11.3 Å². The van der Waals surface area contributed by atoms with Crippen molar-refractivity contribution in [2.45, 2.75) is 13.0 Å². The highest BCUT2D eigenvalue weighted by molar-refractivity contribution is 7.14. The zero-order chi connectivity index (χ0) is 10.5. The van der Waals surface area contributed by atoms with Crippen LogP contribution in [-0.4, -0.2) is 4.98 Å². The van der Waals surface area contributed by atoms with Crippen molar-refractivity contribution >= 4 is 16.3 Å². The molecule has 1 N–H and O–H groups in total. The standard InChI is InChI=1S/C12H13N2S/c1-2-11-12(15-9-14-11)13-8-10-6-4-3-5-7-10/h3-7,9,13H,1-2,8H2. The lowest BCUT2D eigenvalue weighted by molar-refractivity contribution is 1.10. The summed E-state index contributed by atoms with van der Waals surface area (Å²) >= 11 is 1.63. The molecule has 0 saturated heterocycles. The maximum Gasteiger partial charge on any atom is 0.112 e. The van der Waals surface area contributed by atoms with Crippen LogP contribution in [0.2, 0.25) is 0 Å². The second-order valence-electron chi connectivity index (χ2n) is 3.22. The van der Waals surface area contributed by atoms with Gasteiger partial charge in [-0.15, -0.1) is 11.3 Å². The van der Waals surface area contributed by atoms with E-state index in [1.165, 1.54) is 5.56 Å². The lowest BCUT2D eigenvalue weighted by Gasteiger charge is -2.04. The van der Waals surface area contributed by atoms with Crippen LogP contribution in [0.5, 0.6) is 0 Å². The third-order valence-electron chi connectivity index (χ3n) is 2.17. The van der Waals surface area contributed by atoms with Gasteiger partial charge >= 0.3 is 0 Å².